The molecule has 4 heteroatoms. The lowest BCUT2D eigenvalue weighted by atomic mass is 10.1. The van der Waals surface area contributed by atoms with Crippen molar-refractivity contribution in [2.45, 2.75) is 38.3 Å². The normalized spacial score (nSPS) is 30.1. The largest absolute Gasteiger partial charge is 0.393 e. The van der Waals surface area contributed by atoms with Crippen LogP contribution in [0.3, 0.4) is 0 Å². The zero-order chi connectivity index (χ0) is 10.8. The van der Waals surface area contributed by atoms with Crippen molar-refractivity contribution >= 4 is 17.2 Å². The molecule has 2 saturated heterocycles. The van der Waals surface area contributed by atoms with Gasteiger partial charge in [0.05, 0.1) is 4.99 Å². The zero-order valence-electron chi connectivity index (χ0n) is 9.48. The molecule has 0 aromatic heterocycles. The molecule has 2 heterocycles. The molecule has 2 unspecified atom stereocenters. The molecule has 0 aromatic rings. The maximum absolute atomic E-state index is 5.60. The highest BCUT2D eigenvalue weighted by Crippen LogP contribution is 2.23. The van der Waals surface area contributed by atoms with Gasteiger partial charge in [-0.05, 0) is 26.3 Å². The van der Waals surface area contributed by atoms with E-state index in [2.05, 4.69) is 16.7 Å². The van der Waals surface area contributed by atoms with Crippen LogP contribution >= 0.6 is 12.2 Å². The molecule has 0 bridgehead atoms. The Morgan fingerprint density at radius 2 is 2.27 bits per heavy atom. The summed E-state index contributed by atoms with van der Waals surface area (Å²) in [6, 6.07) is 1.32. The van der Waals surface area contributed by atoms with E-state index in [0.29, 0.717) is 11.0 Å². The minimum Gasteiger partial charge on any atom is -0.393 e. The highest BCUT2D eigenvalue weighted by molar-refractivity contribution is 7.80. The van der Waals surface area contributed by atoms with E-state index in [4.69, 9.17) is 18.0 Å². The molecular formula is C11H21N3S. The van der Waals surface area contributed by atoms with Crippen LogP contribution in [0, 0.1) is 0 Å². The lowest BCUT2D eigenvalue weighted by Gasteiger charge is -2.40. The lowest BCUT2D eigenvalue weighted by Crippen LogP contribution is -2.53. The lowest BCUT2D eigenvalue weighted by molar-refractivity contribution is 0.0794. The fourth-order valence-electron chi connectivity index (χ4n) is 2.84. The molecule has 0 radical (unpaired) electrons. The first-order chi connectivity index (χ1) is 7.16. The Morgan fingerprint density at radius 3 is 3.00 bits per heavy atom. The van der Waals surface area contributed by atoms with E-state index in [1.807, 2.05) is 0 Å². The summed E-state index contributed by atoms with van der Waals surface area (Å²) >= 11 is 4.98. The van der Waals surface area contributed by atoms with Gasteiger partial charge in [-0.15, -0.1) is 0 Å². The Hall–Kier alpha value is -0.190. The first-order valence-electron chi connectivity index (χ1n) is 5.93. The molecule has 0 amide bonds. The van der Waals surface area contributed by atoms with Crippen LogP contribution in [0.5, 0.6) is 0 Å². The molecule has 2 aliphatic rings. The van der Waals surface area contributed by atoms with Crippen molar-refractivity contribution in [2.75, 3.05) is 26.2 Å². The van der Waals surface area contributed by atoms with Gasteiger partial charge < -0.3 is 5.73 Å². The number of hydrogen-bond donors (Lipinski definition) is 1. The monoisotopic (exact) mass is 227 g/mol. The molecule has 15 heavy (non-hydrogen) atoms. The van der Waals surface area contributed by atoms with Crippen molar-refractivity contribution in [1.29, 1.82) is 0 Å². The summed E-state index contributed by atoms with van der Waals surface area (Å²) in [6.07, 6.45) is 3.61. The minimum atomic E-state index is 0.519. The highest BCUT2D eigenvalue weighted by atomic mass is 32.1. The van der Waals surface area contributed by atoms with Crippen molar-refractivity contribution in [1.82, 2.24) is 9.80 Å². The first kappa shape index (κ1) is 11.3. The molecule has 2 rings (SSSR count). The first-order valence-corrected chi connectivity index (χ1v) is 6.34. The van der Waals surface area contributed by atoms with Gasteiger partial charge in [0.25, 0.3) is 0 Å². The number of nitrogens with zero attached hydrogens (tertiary/aromatic N) is 2. The predicted molar refractivity (Wildman–Crippen MR) is 67.0 cm³/mol. The number of rotatable bonds is 3. The molecule has 2 aliphatic heterocycles. The van der Waals surface area contributed by atoms with Gasteiger partial charge in [-0.1, -0.05) is 12.2 Å². The Balaban J connectivity index is 1.86. The molecule has 0 saturated carbocycles. The summed E-state index contributed by atoms with van der Waals surface area (Å²) < 4.78 is 0. The Labute approximate surface area is 97.6 Å². The zero-order valence-corrected chi connectivity index (χ0v) is 10.3. The van der Waals surface area contributed by atoms with Crippen LogP contribution in [-0.2, 0) is 0 Å². The van der Waals surface area contributed by atoms with Crippen LogP contribution in [-0.4, -0.2) is 53.1 Å². The Kier molecular flexibility index (Phi) is 3.59. The van der Waals surface area contributed by atoms with Crippen LogP contribution in [0.4, 0.5) is 0 Å². The van der Waals surface area contributed by atoms with Crippen LogP contribution in [0.15, 0.2) is 0 Å². The molecule has 3 nitrogen and oxygen atoms in total. The standard InChI is InChI=1S/C11H21N3S/c1-9(7-11(12)15)14-6-5-13-4-2-3-10(13)8-14/h9-10H,2-8H2,1H3,(H2,12,15). The van der Waals surface area contributed by atoms with Gasteiger partial charge in [0.2, 0.25) is 0 Å². The topological polar surface area (TPSA) is 32.5 Å². The van der Waals surface area contributed by atoms with Crippen LogP contribution in [0.1, 0.15) is 26.2 Å². The van der Waals surface area contributed by atoms with E-state index >= 15 is 0 Å². The molecule has 0 spiro atoms. The van der Waals surface area contributed by atoms with Crippen molar-refractivity contribution in [3.05, 3.63) is 0 Å². The van der Waals surface area contributed by atoms with E-state index < -0.39 is 0 Å². The second kappa shape index (κ2) is 4.76. The third-order valence-corrected chi connectivity index (χ3v) is 3.91. The summed E-state index contributed by atoms with van der Waals surface area (Å²) in [5.74, 6) is 0. The van der Waals surface area contributed by atoms with E-state index in [-0.39, 0.29) is 0 Å². The number of piperazine rings is 1. The smallest absolute Gasteiger partial charge is 0.0742 e. The molecule has 2 atom stereocenters. The summed E-state index contributed by atoms with van der Waals surface area (Å²) in [7, 11) is 0. The van der Waals surface area contributed by atoms with Crippen molar-refractivity contribution in [3.8, 4) is 0 Å². The SMILES string of the molecule is CC(CC(N)=S)N1CCN2CCCC2C1. The van der Waals surface area contributed by atoms with Crippen molar-refractivity contribution in [2.24, 2.45) is 5.73 Å². The molecule has 86 valence electrons. The summed E-state index contributed by atoms with van der Waals surface area (Å²) in [6.45, 7) is 7.17. The van der Waals surface area contributed by atoms with Gasteiger partial charge in [-0.3, -0.25) is 9.80 Å². The van der Waals surface area contributed by atoms with Gasteiger partial charge >= 0.3 is 0 Å². The third-order valence-electron chi connectivity index (χ3n) is 3.74. The van der Waals surface area contributed by atoms with Crippen molar-refractivity contribution < 1.29 is 0 Å². The second-order valence-electron chi connectivity index (χ2n) is 4.85. The fraction of sp³-hybridized carbons (Fsp3) is 0.909. The predicted octanol–water partition coefficient (Wildman–Crippen LogP) is 0.831. The van der Waals surface area contributed by atoms with E-state index in [0.717, 1.165) is 12.5 Å². The number of nitrogens with two attached hydrogens (primary N) is 1. The summed E-state index contributed by atoms with van der Waals surface area (Å²) in [5, 5.41) is 0. The van der Waals surface area contributed by atoms with Crippen molar-refractivity contribution in [3.63, 3.8) is 0 Å². The molecular weight excluding hydrogens is 206 g/mol. The van der Waals surface area contributed by atoms with Crippen LogP contribution in [0.2, 0.25) is 0 Å². The highest BCUT2D eigenvalue weighted by Gasteiger charge is 2.32. The minimum absolute atomic E-state index is 0.519. The molecule has 2 fully saturated rings. The van der Waals surface area contributed by atoms with Gasteiger partial charge in [-0.25, -0.2) is 0 Å². The second-order valence-corrected chi connectivity index (χ2v) is 5.37. The third kappa shape index (κ3) is 2.68. The average molecular weight is 227 g/mol. The summed E-state index contributed by atoms with van der Waals surface area (Å²) in [4.78, 5) is 5.83. The number of fused-ring (bicyclic) bond motifs is 1. The van der Waals surface area contributed by atoms with Crippen LogP contribution < -0.4 is 5.73 Å². The molecule has 0 aliphatic carbocycles. The average Bonchev–Trinajstić information content (AvgIpc) is 2.62. The van der Waals surface area contributed by atoms with Gasteiger partial charge in [0.1, 0.15) is 0 Å². The van der Waals surface area contributed by atoms with E-state index in [1.165, 1.54) is 39.0 Å². The maximum Gasteiger partial charge on any atom is 0.0742 e. The Bertz CT molecular complexity index is 244. The fourth-order valence-corrected chi connectivity index (χ4v) is 3.08. The quantitative estimate of drug-likeness (QED) is 0.724. The number of thiocarbonyl (C=S) groups is 1. The van der Waals surface area contributed by atoms with Gasteiger partial charge in [0, 0.05) is 38.1 Å². The number of hydrogen-bond acceptors (Lipinski definition) is 3. The summed E-state index contributed by atoms with van der Waals surface area (Å²) in [5.41, 5.74) is 5.60. The van der Waals surface area contributed by atoms with E-state index in [1.54, 1.807) is 0 Å². The maximum atomic E-state index is 5.60. The van der Waals surface area contributed by atoms with Gasteiger partial charge in [0.15, 0.2) is 0 Å². The van der Waals surface area contributed by atoms with E-state index in [9.17, 15) is 0 Å². The van der Waals surface area contributed by atoms with Gasteiger partial charge in [-0.2, -0.15) is 0 Å². The Morgan fingerprint density at radius 1 is 1.47 bits per heavy atom. The molecule has 0 aromatic carbocycles. The molecule has 2 N–H and O–H groups in total. The van der Waals surface area contributed by atoms with Crippen LogP contribution in [0.25, 0.3) is 0 Å².